The van der Waals surface area contributed by atoms with Crippen molar-refractivity contribution in [3.63, 3.8) is 0 Å². The quantitative estimate of drug-likeness (QED) is 0.375. The normalized spacial score (nSPS) is 11.6. The molecule has 0 fully saturated rings. The predicted molar refractivity (Wildman–Crippen MR) is 119 cm³/mol. The van der Waals surface area contributed by atoms with Gasteiger partial charge in [0.15, 0.2) is 10.4 Å². The number of nitrogens with zero attached hydrogens (tertiary/aromatic N) is 2. The van der Waals surface area contributed by atoms with Gasteiger partial charge < -0.3 is 14.6 Å². The fourth-order valence-electron chi connectivity index (χ4n) is 2.97. The lowest BCUT2D eigenvalue weighted by Crippen LogP contribution is -2.31. The zero-order chi connectivity index (χ0) is 22.5. The van der Waals surface area contributed by atoms with E-state index < -0.39 is 4.92 Å². The van der Waals surface area contributed by atoms with Gasteiger partial charge in [0.05, 0.1) is 17.4 Å². The van der Waals surface area contributed by atoms with Crippen LogP contribution in [0.5, 0.6) is 0 Å². The lowest BCUT2D eigenvalue weighted by Gasteiger charge is -2.25. The van der Waals surface area contributed by atoms with Crippen molar-refractivity contribution in [3.05, 3.63) is 92.3 Å². The molecule has 2 aromatic carbocycles. The number of carbonyl (C=O) groups excluding carboxylic acids is 2. The van der Waals surface area contributed by atoms with Crippen molar-refractivity contribution in [1.29, 1.82) is 0 Å². The third-order valence-electron chi connectivity index (χ3n) is 4.90. The van der Waals surface area contributed by atoms with E-state index in [1.807, 2.05) is 6.92 Å². The highest BCUT2D eigenvalue weighted by molar-refractivity contribution is 9.10. The van der Waals surface area contributed by atoms with Crippen LogP contribution in [0.2, 0.25) is 0 Å². The van der Waals surface area contributed by atoms with E-state index >= 15 is 0 Å². The number of nitro benzene ring substituents is 1. The number of anilines is 1. The number of nitrogens with one attached hydrogen (secondary N) is 1. The van der Waals surface area contributed by atoms with Crippen LogP contribution in [0.1, 0.15) is 34.6 Å². The molecule has 3 aromatic rings. The molecule has 0 radical (unpaired) electrons. The summed E-state index contributed by atoms with van der Waals surface area (Å²) >= 11 is 3.15. The number of rotatable bonds is 7. The summed E-state index contributed by atoms with van der Waals surface area (Å²) in [5.41, 5.74) is 2.03. The molecule has 0 aliphatic heterocycles. The molecule has 1 atom stereocenters. The molecule has 9 heteroatoms. The van der Waals surface area contributed by atoms with Gasteiger partial charge in [0.2, 0.25) is 5.91 Å². The number of nitro groups is 1. The maximum Gasteiger partial charge on any atom is 0.291 e. The Labute approximate surface area is 187 Å². The van der Waals surface area contributed by atoms with Crippen molar-refractivity contribution < 1.29 is 18.9 Å². The molecule has 0 spiro atoms. The second-order valence-electron chi connectivity index (χ2n) is 6.96. The summed E-state index contributed by atoms with van der Waals surface area (Å²) in [7, 11) is 1.67. The second kappa shape index (κ2) is 9.57. The van der Waals surface area contributed by atoms with Crippen molar-refractivity contribution in [2.24, 2.45) is 0 Å². The van der Waals surface area contributed by atoms with Gasteiger partial charge in [0.25, 0.3) is 11.6 Å². The fourth-order valence-corrected chi connectivity index (χ4v) is 3.28. The largest absolute Gasteiger partial charge is 0.444 e. The average molecular weight is 486 g/mol. The number of non-ortho nitro benzene ring substituents is 1. The predicted octanol–water partition coefficient (Wildman–Crippen LogP) is 4.96. The van der Waals surface area contributed by atoms with E-state index in [-0.39, 0.29) is 35.7 Å². The summed E-state index contributed by atoms with van der Waals surface area (Å²) in [5.74, 6) is -0.320. The molecule has 2 amide bonds. The Morgan fingerprint density at radius 2 is 1.87 bits per heavy atom. The molecule has 8 nitrogen and oxygen atoms in total. The van der Waals surface area contributed by atoms with E-state index in [0.717, 1.165) is 5.56 Å². The molecule has 31 heavy (non-hydrogen) atoms. The van der Waals surface area contributed by atoms with E-state index in [0.29, 0.717) is 15.9 Å². The van der Waals surface area contributed by atoms with Crippen LogP contribution in [0.25, 0.3) is 0 Å². The van der Waals surface area contributed by atoms with Crippen molar-refractivity contribution in [2.75, 3.05) is 12.4 Å². The van der Waals surface area contributed by atoms with E-state index in [1.165, 1.54) is 12.1 Å². The van der Waals surface area contributed by atoms with Crippen LogP contribution in [0.4, 0.5) is 11.4 Å². The number of amides is 2. The van der Waals surface area contributed by atoms with Gasteiger partial charge in [-0.3, -0.25) is 19.7 Å². The number of hydrogen-bond donors (Lipinski definition) is 1. The Balaban J connectivity index is 1.61. The molecule has 1 heterocycles. The van der Waals surface area contributed by atoms with Crippen LogP contribution in [-0.4, -0.2) is 28.7 Å². The van der Waals surface area contributed by atoms with Crippen LogP contribution in [0, 0.1) is 10.1 Å². The minimum atomic E-state index is -0.455. The Morgan fingerprint density at radius 3 is 2.48 bits per heavy atom. The maximum atomic E-state index is 12.7. The summed E-state index contributed by atoms with van der Waals surface area (Å²) in [6.07, 6.45) is 0.162. The first-order chi connectivity index (χ1) is 14.7. The summed E-state index contributed by atoms with van der Waals surface area (Å²) in [6, 6.07) is 16.1. The molecular formula is C22H20BrN3O5. The summed E-state index contributed by atoms with van der Waals surface area (Å²) < 4.78 is 5.68. The number of benzene rings is 2. The van der Waals surface area contributed by atoms with E-state index in [2.05, 4.69) is 21.2 Å². The van der Waals surface area contributed by atoms with Gasteiger partial charge in [-0.1, -0.05) is 24.3 Å². The van der Waals surface area contributed by atoms with Crippen molar-refractivity contribution in [3.8, 4) is 0 Å². The van der Waals surface area contributed by atoms with E-state index in [9.17, 15) is 19.7 Å². The van der Waals surface area contributed by atoms with Gasteiger partial charge in [0, 0.05) is 24.9 Å². The zero-order valence-electron chi connectivity index (χ0n) is 16.9. The molecule has 0 saturated carbocycles. The van der Waals surface area contributed by atoms with Gasteiger partial charge in [-0.05, 0) is 58.2 Å². The lowest BCUT2D eigenvalue weighted by molar-refractivity contribution is -0.384. The van der Waals surface area contributed by atoms with Crippen molar-refractivity contribution in [1.82, 2.24) is 4.90 Å². The second-order valence-corrected chi connectivity index (χ2v) is 7.75. The van der Waals surface area contributed by atoms with Crippen LogP contribution >= 0.6 is 15.9 Å². The minimum Gasteiger partial charge on any atom is -0.444 e. The first-order valence-corrected chi connectivity index (χ1v) is 10.2. The number of hydrogen-bond acceptors (Lipinski definition) is 5. The van der Waals surface area contributed by atoms with Gasteiger partial charge in [-0.2, -0.15) is 0 Å². The highest BCUT2D eigenvalue weighted by atomic mass is 79.9. The van der Waals surface area contributed by atoms with Gasteiger partial charge in [-0.25, -0.2) is 0 Å². The molecule has 0 aliphatic rings. The SMILES string of the molecule is CC(c1cccc([N+](=O)[O-])c1)N(C)C(=O)Cc1ccc(NC(=O)c2ccc(Br)o2)cc1. The van der Waals surface area contributed by atoms with Gasteiger partial charge in [0.1, 0.15) is 0 Å². The van der Waals surface area contributed by atoms with Crippen molar-refractivity contribution in [2.45, 2.75) is 19.4 Å². The standard InChI is InChI=1S/C22H20BrN3O5/c1-14(16-4-3-5-18(13-16)26(29)30)25(2)21(27)12-15-6-8-17(9-7-15)24-22(28)19-10-11-20(23)31-19/h3-11,13-14H,12H2,1-2H3,(H,24,28). The first kappa shape index (κ1) is 22.2. The molecule has 0 bridgehead atoms. The third kappa shape index (κ3) is 5.58. The smallest absolute Gasteiger partial charge is 0.291 e. The van der Waals surface area contributed by atoms with Crippen LogP contribution < -0.4 is 5.32 Å². The van der Waals surface area contributed by atoms with E-state index in [4.69, 9.17) is 4.42 Å². The molecule has 1 unspecified atom stereocenters. The lowest BCUT2D eigenvalue weighted by atomic mass is 10.1. The third-order valence-corrected chi connectivity index (χ3v) is 5.33. The Kier molecular flexibility index (Phi) is 6.86. The average Bonchev–Trinajstić information content (AvgIpc) is 3.20. The highest BCUT2D eigenvalue weighted by Crippen LogP contribution is 2.24. The summed E-state index contributed by atoms with van der Waals surface area (Å²) in [4.78, 5) is 36.9. The number of likely N-dealkylation sites (N-methyl/N-ethyl adjacent to an activating group) is 1. The maximum absolute atomic E-state index is 12.7. The molecule has 0 saturated heterocycles. The number of carbonyl (C=O) groups is 2. The highest BCUT2D eigenvalue weighted by Gasteiger charge is 2.19. The molecule has 1 N–H and O–H groups in total. The minimum absolute atomic E-state index is 0.00950. The molecular weight excluding hydrogens is 466 g/mol. The monoisotopic (exact) mass is 485 g/mol. The number of furan rings is 1. The Hall–Kier alpha value is -3.46. The van der Waals surface area contributed by atoms with Crippen LogP contribution in [-0.2, 0) is 11.2 Å². The molecule has 0 aliphatic carbocycles. The van der Waals surface area contributed by atoms with Gasteiger partial charge in [-0.15, -0.1) is 0 Å². The summed E-state index contributed by atoms with van der Waals surface area (Å²) in [5, 5.41) is 13.7. The fraction of sp³-hybridized carbons (Fsp3) is 0.182. The topological polar surface area (TPSA) is 106 Å². The van der Waals surface area contributed by atoms with Crippen molar-refractivity contribution >= 4 is 39.1 Å². The molecule has 1 aromatic heterocycles. The Bertz CT molecular complexity index is 1110. The summed E-state index contributed by atoms with van der Waals surface area (Å²) in [6.45, 7) is 1.82. The number of halogens is 1. The van der Waals surface area contributed by atoms with Crippen LogP contribution in [0.15, 0.2) is 69.8 Å². The Morgan fingerprint density at radius 1 is 1.16 bits per heavy atom. The zero-order valence-corrected chi connectivity index (χ0v) is 18.5. The first-order valence-electron chi connectivity index (χ1n) is 9.40. The molecule has 160 valence electrons. The molecule has 3 rings (SSSR count). The van der Waals surface area contributed by atoms with Gasteiger partial charge >= 0.3 is 0 Å². The van der Waals surface area contributed by atoms with Crippen LogP contribution in [0.3, 0.4) is 0 Å². The van der Waals surface area contributed by atoms with E-state index in [1.54, 1.807) is 60.5 Å².